The van der Waals surface area contributed by atoms with E-state index >= 15 is 0 Å². The molecule has 0 N–H and O–H groups in total. The van der Waals surface area contributed by atoms with Crippen molar-refractivity contribution in [3.8, 4) is 56.5 Å². The molecule has 0 aliphatic heterocycles. The maximum Gasteiger partial charge on any atom is 0.164 e. The molecule has 4 nitrogen and oxygen atoms in total. The number of hydrogen-bond donors (Lipinski definition) is 0. The first-order chi connectivity index (χ1) is 19.8. The summed E-state index contributed by atoms with van der Waals surface area (Å²) in [5.41, 5.74) is 7.26. The van der Waals surface area contributed by atoms with Crippen molar-refractivity contribution < 1.29 is 0 Å². The van der Waals surface area contributed by atoms with Crippen LogP contribution in [0.1, 0.15) is 0 Å². The smallest absolute Gasteiger partial charge is 0.164 e. The van der Waals surface area contributed by atoms with Crippen LogP contribution in [0.5, 0.6) is 0 Å². The van der Waals surface area contributed by atoms with Crippen LogP contribution in [0, 0.1) is 0 Å². The van der Waals surface area contributed by atoms with E-state index in [4.69, 9.17) is 15.0 Å². The highest BCUT2D eigenvalue weighted by molar-refractivity contribution is 5.90. The normalized spacial score (nSPS) is 11.0. The van der Waals surface area contributed by atoms with Crippen molar-refractivity contribution in [1.82, 2.24) is 19.9 Å². The lowest BCUT2D eigenvalue weighted by atomic mass is 9.98. The van der Waals surface area contributed by atoms with E-state index in [1.165, 1.54) is 5.39 Å². The zero-order valence-electron chi connectivity index (χ0n) is 21.6. The summed E-state index contributed by atoms with van der Waals surface area (Å²) in [6.07, 6.45) is 1.82. The second-order valence-corrected chi connectivity index (χ2v) is 9.61. The molecule has 0 aliphatic carbocycles. The third-order valence-corrected chi connectivity index (χ3v) is 6.98. The second kappa shape index (κ2) is 10.4. The van der Waals surface area contributed by atoms with Gasteiger partial charge < -0.3 is 0 Å². The summed E-state index contributed by atoms with van der Waals surface area (Å²) >= 11 is 0. The molecule has 0 unspecified atom stereocenters. The molecule has 2 aromatic heterocycles. The first kappa shape index (κ1) is 23.6. The van der Waals surface area contributed by atoms with Crippen LogP contribution in [0.3, 0.4) is 0 Å². The van der Waals surface area contributed by atoms with Crippen molar-refractivity contribution in [1.29, 1.82) is 0 Å². The average molecular weight is 513 g/mol. The first-order valence-electron chi connectivity index (χ1n) is 13.2. The summed E-state index contributed by atoms with van der Waals surface area (Å²) in [5, 5.41) is 2.30. The Balaban J connectivity index is 1.29. The molecule has 7 rings (SSSR count). The molecule has 5 aromatic carbocycles. The molecule has 0 saturated carbocycles. The molecule has 0 aliphatic rings. The van der Waals surface area contributed by atoms with Crippen LogP contribution < -0.4 is 0 Å². The largest absolute Gasteiger partial charge is 0.256 e. The monoisotopic (exact) mass is 512 g/mol. The van der Waals surface area contributed by atoms with Gasteiger partial charge in [0.05, 0.1) is 5.69 Å². The maximum absolute atomic E-state index is 4.90. The van der Waals surface area contributed by atoms with E-state index < -0.39 is 0 Å². The van der Waals surface area contributed by atoms with Gasteiger partial charge in [0.1, 0.15) is 0 Å². The molecule has 0 fully saturated rings. The van der Waals surface area contributed by atoms with Gasteiger partial charge in [0.25, 0.3) is 0 Å². The van der Waals surface area contributed by atoms with Crippen molar-refractivity contribution in [2.45, 2.75) is 0 Å². The molecule has 0 bridgehead atoms. The first-order valence-corrected chi connectivity index (χ1v) is 13.2. The van der Waals surface area contributed by atoms with Gasteiger partial charge in [-0.25, -0.2) is 15.0 Å². The average Bonchev–Trinajstić information content (AvgIpc) is 3.05. The Morgan fingerprint density at radius 1 is 0.325 bits per heavy atom. The predicted octanol–water partition coefficient (Wildman–Crippen LogP) is 8.75. The fourth-order valence-electron chi connectivity index (χ4n) is 4.87. The van der Waals surface area contributed by atoms with Gasteiger partial charge in [-0.1, -0.05) is 115 Å². The van der Waals surface area contributed by atoms with Gasteiger partial charge in [-0.2, -0.15) is 0 Å². The highest BCUT2D eigenvalue weighted by atomic mass is 15.0. The van der Waals surface area contributed by atoms with Gasteiger partial charge in [0, 0.05) is 28.5 Å². The van der Waals surface area contributed by atoms with Gasteiger partial charge in [0.15, 0.2) is 17.5 Å². The molecule has 4 heteroatoms. The van der Waals surface area contributed by atoms with Crippen molar-refractivity contribution in [3.05, 3.63) is 146 Å². The van der Waals surface area contributed by atoms with Crippen molar-refractivity contribution in [2.75, 3.05) is 0 Å². The van der Waals surface area contributed by atoms with Gasteiger partial charge in [-0.05, 0) is 46.2 Å². The minimum atomic E-state index is 0.653. The van der Waals surface area contributed by atoms with E-state index in [2.05, 4.69) is 65.6 Å². The van der Waals surface area contributed by atoms with Gasteiger partial charge in [-0.3, -0.25) is 4.98 Å². The molecule has 7 aromatic rings. The van der Waals surface area contributed by atoms with Gasteiger partial charge in [0.2, 0.25) is 0 Å². The van der Waals surface area contributed by atoms with Crippen LogP contribution in [-0.2, 0) is 0 Å². The van der Waals surface area contributed by atoms with E-state index in [0.717, 1.165) is 44.5 Å². The van der Waals surface area contributed by atoms with E-state index in [1.807, 2.05) is 85.1 Å². The second-order valence-electron chi connectivity index (χ2n) is 9.61. The molecule has 0 atom stereocenters. The van der Waals surface area contributed by atoms with E-state index in [-0.39, 0.29) is 0 Å². The van der Waals surface area contributed by atoms with Crippen molar-refractivity contribution in [3.63, 3.8) is 0 Å². The summed E-state index contributed by atoms with van der Waals surface area (Å²) in [6, 6.07) is 47.6. The number of nitrogens with zero attached hydrogens (tertiary/aromatic N) is 4. The third kappa shape index (κ3) is 4.74. The summed E-state index contributed by atoms with van der Waals surface area (Å²) in [5.74, 6) is 1.97. The van der Waals surface area contributed by atoms with Crippen molar-refractivity contribution >= 4 is 10.8 Å². The summed E-state index contributed by atoms with van der Waals surface area (Å²) < 4.78 is 0. The molecule has 188 valence electrons. The highest BCUT2D eigenvalue weighted by Gasteiger charge is 2.13. The quantitative estimate of drug-likeness (QED) is 0.231. The lowest BCUT2D eigenvalue weighted by Crippen LogP contribution is -2.00. The zero-order valence-corrected chi connectivity index (χ0v) is 21.6. The Morgan fingerprint density at radius 2 is 0.825 bits per heavy atom. The molecular weight excluding hydrogens is 488 g/mol. The third-order valence-electron chi connectivity index (χ3n) is 6.98. The number of aromatic nitrogens is 4. The van der Waals surface area contributed by atoms with Gasteiger partial charge >= 0.3 is 0 Å². The Hall–Kier alpha value is -5.48. The van der Waals surface area contributed by atoms with Crippen LogP contribution >= 0.6 is 0 Å². The number of hydrogen-bond acceptors (Lipinski definition) is 4. The zero-order chi connectivity index (χ0) is 26.7. The minimum Gasteiger partial charge on any atom is -0.256 e. The van der Waals surface area contributed by atoms with Crippen LogP contribution in [0.2, 0.25) is 0 Å². The molecule has 0 amide bonds. The number of benzene rings is 5. The highest BCUT2D eigenvalue weighted by Crippen LogP contribution is 2.30. The van der Waals surface area contributed by atoms with Gasteiger partial charge in [-0.15, -0.1) is 0 Å². The van der Waals surface area contributed by atoms with Crippen LogP contribution in [0.15, 0.2) is 146 Å². The number of pyridine rings is 1. The Morgan fingerprint density at radius 3 is 1.43 bits per heavy atom. The minimum absolute atomic E-state index is 0.653. The summed E-state index contributed by atoms with van der Waals surface area (Å²) in [4.78, 5) is 19.1. The lowest BCUT2D eigenvalue weighted by molar-refractivity contribution is 1.07. The van der Waals surface area contributed by atoms with E-state index in [9.17, 15) is 0 Å². The Labute approximate surface area is 232 Å². The molecule has 0 spiro atoms. The van der Waals surface area contributed by atoms with Crippen LogP contribution in [0.4, 0.5) is 0 Å². The maximum atomic E-state index is 4.90. The standard InChI is InChI=1S/C36H24N4/c1-3-9-28(10-4-1)34-38-35(29-11-5-2-6-12-29)40-36(39-34)31-21-17-26-16-20-30(23-32(26)24-31)25-14-18-27(19-15-25)33-13-7-8-22-37-33/h1-24H. The number of rotatable bonds is 5. The molecular formula is C36H24N4. The molecule has 0 saturated heterocycles. The summed E-state index contributed by atoms with van der Waals surface area (Å²) in [7, 11) is 0. The van der Waals surface area contributed by atoms with Crippen molar-refractivity contribution in [2.24, 2.45) is 0 Å². The molecule has 2 heterocycles. The lowest BCUT2D eigenvalue weighted by Gasteiger charge is -2.10. The Kier molecular flexibility index (Phi) is 6.11. The SMILES string of the molecule is c1ccc(-c2nc(-c3ccccc3)nc(-c3ccc4ccc(-c5ccc(-c6ccccn6)cc5)cc4c3)n2)cc1. The fourth-order valence-corrected chi connectivity index (χ4v) is 4.87. The topological polar surface area (TPSA) is 51.6 Å². The van der Waals surface area contributed by atoms with E-state index in [0.29, 0.717) is 17.5 Å². The summed E-state index contributed by atoms with van der Waals surface area (Å²) in [6.45, 7) is 0. The molecule has 0 radical (unpaired) electrons. The fraction of sp³-hybridized carbons (Fsp3) is 0. The predicted molar refractivity (Wildman–Crippen MR) is 162 cm³/mol. The number of fused-ring (bicyclic) bond motifs is 1. The van der Waals surface area contributed by atoms with Crippen LogP contribution in [0.25, 0.3) is 67.3 Å². The molecule has 40 heavy (non-hydrogen) atoms. The van der Waals surface area contributed by atoms with E-state index in [1.54, 1.807) is 0 Å². The Bertz CT molecular complexity index is 1860. The van der Waals surface area contributed by atoms with Crippen LogP contribution in [-0.4, -0.2) is 19.9 Å².